The van der Waals surface area contributed by atoms with Gasteiger partial charge in [-0.1, -0.05) is 13.8 Å². The normalized spacial score (nSPS) is 30.1. The van der Waals surface area contributed by atoms with E-state index in [4.69, 9.17) is 16.3 Å². The molecular weight excluding hydrogens is 284 g/mol. The summed E-state index contributed by atoms with van der Waals surface area (Å²) in [6, 6.07) is 0.154. The Morgan fingerprint density at radius 2 is 1.79 bits per heavy atom. The molecule has 19 heavy (non-hydrogen) atoms. The molecular formula is C13H13ClF4O. The number of alkyl halides is 1. The predicted octanol–water partition coefficient (Wildman–Crippen LogP) is 4.42. The van der Waals surface area contributed by atoms with Gasteiger partial charge in [0, 0.05) is 23.3 Å². The van der Waals surface area contributed by atoms with Gasteiger partial charge in [0.15, 0.2) is 17.4 Å². The van der Waals surface area contributed by atoms with Gasteiger partial charge in [0.2, 0.25) is 11.6 Å². The minimum Gasteiger partial charge on any atom is -0.484 e. The molecule has 3 atom stereocenters. The fraction of sp³-hybridized carbons (Fsp3) is 0.538. The second kappa shape index (κ2) is 4.85. The fourth-order valence-electron chi connectivity index (χ4n) is 2.20. The van der Waals surface area contributed by atoms with Crippen LogP contribution in [0.3, 0.4) is 0 Å². The van der Waals surface area contributed by atoms with Crippen LogP contribution in [-0.4, -0.2) is 11.5 Å². The van der Waals surface area contributed by atoms with Crippen LogP contribution < -0.4 is 4.74 Å². The lowest BCUT2D eigenvalue weighted by Crippen LogP contribution is -2.55. The third-order valence-electron chi connectivity index (χ3n) is 3.97. The highest BCUT2D eigenvalue weighted by molar-refractivity contribution is 6.21. The summed E-state index contributed by atoms with van der Waals surface area (Å²) in [5.74, 6) is -7.00. The van der Waals surface area contributed by atoms with Crippen molar-refractivity contribution in [1.29, 1.82) is 0 Å². The van der Waals surface area contributed by atoms with Crippen molar-refractivity contribution >= 4 is 11.6 Å². The zero-order valence-corrected chi connectivity index (χ0v) is 11.2. The van der Waals surface area contributed by atoms with Crippen LogP contribution in [0.15, 0.2) is 6.07 Å². The zero-order valence-electron chi connectivity index (χ0n) is 10.4. The molecule has 1 saturated carbocycles. The molecule has 1 aromatic carbocycles. The summed E-state index contributed by atoms with van der Waals surface area (Å²) < 4.78 is 58.2. The van der Waals surface area contributed by atoms with E-state index >= 15 is 0 Å². The molecule has 6 heteroatoms. The summed E-state index contributed by atoms with van der Waals surface area (Å²) in [4.78, 5) is 0. The Morgan fingerprint density at radius 3 is 2.21 bits per heavy atom. The molecule has 3 unspecified atom stereocenters. The molecule has 0 saturated heterocycles. The molecule has 1 nitrogen and oxygen atoms in total. The number of rotatable bonds is 3. The molecule has 0 radical (unpaired) electrons. The monoisotopic (exact) mass is 296 g/mol. The van der Waals surface area contributed by atoms with Crippen LogP contribution in [0.1, 0.15) is 26.7 Å². The first kappa shape index (κ1) is 14.4. The number of hydrogen-bond acceptors (Lipinski definition) is 1. The largest absolute Gasteiger partial charge is 0.484 e. The van der Waals surface area contributed by atoms with E-state index in [1.54, 1.807) is 0 Å². The summed E-state index contributed by atoms with van der Waals surface area (Å²) in [5.41, 5.74) is -0.469. The molecule has 0 bridgehead atoms. The Morgan fingerprint density at radius 1 is 1.26 bits per heavy atom. The third-order valence-corrected chi connectivity index (χ3v) is 4.64. The van der Waals surface area contributed by atoms with E-state index in [9.17, 15) is 17.6 Å². The molecule has 1 fully saturated rings. The Kier molecular flexibility index (Phi) is 3.69. The van der Waals surface area contributed by atoms with Crippen molar-refractivity contribution < 1.29 is 22.3 Å². The zero-order chi connectivity index (χ0) is 14.4. The van der Waals surface area contributed by atoms with E-state index in [1.807, 2.05) is 13.8 Å². The Labute approximate surface area is 113 Å². The lowest BCUT2D eigenvalue weighted by atomic mass is 9.65. The maximum atomic E-state index is 13.5. The van der Waals surface area contributed by atoms with Crippen molar-refractivity contribution in [3.05, 3.63) is 29.3 Å². The highest BCUT2D eigenvalue weighted by Gasteiger charge is 2.52. The molecule has 2 rings (SSSR count). The average molecular weight is 297 g/mol. The Balaban J connectivity index is 2.31. The molecule has 1 aliphatic rings. The van der Waals surface area contributed by atoms with Gasteiger partial charge in [0.25, 0.3) is 0 Å². The van der Waals surface area contributed by atoms with Gasteiger partial charge >= 0.3 is 0 Å². The first-order valence-corrected chi connectivity index (χ1v) is 6.38. The first-order chi connectivity index (χ1) is 8.81. The Bertz CT molecular complexity index is 482. The van der Waals surface area contributed by atoms with Crippen molar-refractivity contribution in [3.8, 4) is 5.75 Å². The smallest absolute Gasteiger partial charge is 0.203 e. The van der Waals surface area contributed by atoms with Crippen molar-refractivity contribution in [1.82, 2.24) is 0 Å². The standard InChI is InChI=1S/C13H13ClF4O/c1-3-13(2)8(14)5-9(13)19-12-10(17)6(15)4-7(16)11(12)18/h4,8-9H,3,5H2,1-2H3. The SMILES string of the molecule is CCC1(C)C(Cl)CC1Oc1c(F)c(F)cc(F)c1F. The average Bonchev–Trinajstić information content (AvgIpc) is 2.39. The number of benzene rings is 1. The van der Waals surface area contributed by atoms with Crippen LogP contribution in [-0.2, 0) is 0 Å². The summed E-state index contributed by atoms with van der Waals surface area (Å²) >= 11 is 6.04. The predicted molar refractivity (Wildman–Crippen MR) is 63.3 cm³/mol. The molecule has 0 N–H and O–H groups in total. The lowest BCUT2D eigenvalue weighted by molar-refractivity contribution is -0.0344. The van der Waals surface area contributed by atoms with Gasteiger partial charge in [-0.2, -0.15) is 8.78 Å². The van der Waals surface area contributed by atoms with Gasteiger partial charge in [0.05, 0.1) is 0 Å². The van der Waals surface area contributed by atoms with Gasteiger partial charge in [-0.15, -0.1) is 11.6 Å². The van der Waals surface area contributed by atoms with Crippen molar-refractivity contribution in [2.24, 2.45) is 5.41 Å². The highest BCUT2D eigenvalue weighted by atomic mass is 35.5. The van der Waals surface area contributed by atoms with E-state index in [-0.39, 0.29) is 11.4 Å². The fourth-order valence-corrected chi connectivity index (χ4v) is 2.65. The maximum Gasteiger partial charge on any atom is 0.203 e. The number of hydrogen-bond donors (Lipinski definition) is 0. The molecule has 106 valence electrons. The molecule has 0 heterocycles. The van der Waals surface area contributed by atoms with E-state index in [1.165, 1.54) is 0 Å². The van der Waals surface area contributed by atoms with Crippen LogP contribution in [0.5, 0.6) is 5.75 Å². The first-order valence-electron chi connectivity index (χ1n) is 5.95. The van der Waals surface area contributed by atoms with E-state index in [2.05, 4.69) is 0 Å². The summed E-state index contributed by atoms with van der Waals surface area (Å²) in [6.07, 6.45) is 0.445. The van der Waals surface area contributed by atoms with Crippen LogP contribution in [0.4, 0.5) is 17.6 Å². The second-order valence-electron chi connectivity index (χ2n) is 4.97. The molecule has 0 amide bonds. The molecule has 0 aromatic heterocycles. The van der Waals surface area contributed by atoms with E-state index in [0.29, 0.717) is 12.8 Å². The van der Waals surface area contributed by atoms with E-state index in [0.717, 1.165) is 0 Å². The Hall–Kier alpha value is -0.970. The quantitative estimate of drug-likeness (QED) is 0.456. The van der Waals surface area contributed by atoms with Crippen molar-refractivity contribution in [2.45, 2.75) is 38.2 Å². The topological polar surface area (TPSA) is 9.23 Å². The van der Waals surface area contributed by atoms with Gasteiger partial charge in [-0.05, 0) is 6.42 Å². The minimum atomic E-state index is -1.52. The lowest BCUT2D eigenvalue weighted by Gasteiger charge is -2.50. The summed E-state index contributed by atoms with van der Waals surface area (Å²) in [7, 11) is 0. The van der Waals surface area contributed by atoms with Crippen molar-refractivity contribution in [3.63, 3.8) is 0 Å². The van der Waals surface area contributed by atoms with Crippen LogP contribution >= 0.6 is 11.6 Å². The minimum absolute atomic E-state index is 0.154. The van der Waals surface area contributed by atoms with E-state index < -0.39 is 40.5 Å². The summed E-state index contributed by atoms with van der Waals surface area (Å²) in [6.45, 7) is 3.67. The van der Waals surface area contributed by atoms with Gasteiger partial charge < -0.3 is 4.74 Å². The van der Waals surface area contributed by atoms with Gasteiger partial charge in [-0.3, -0.25) is 0 Å². The van der Waals surface area contributed by atoms with Gasteiger partial charge in [-0.25, -0.2) is 8.78 Å². The van der Waals surface area contributed by atoms with Crippen LogP contribution in [0, 0.1) is 28.7 Å². The summed E-state index contributed by atoms with van der Waals surface area (Å²) in [5, 5.41) is -0.188. The molecule has 0 spiro atoms. The number of halogens is 5. The molecule has 1 aliphatic carbocycles. The highest BCUT2D eigenvalue weighted by Crippen LogP contribution is 2.49. The third kappa shape index (κ3) is 2.18. The van der Waals surface area contributed by atoms with Crippen LogP contribution in [0.2, 0.25) is 0 Å². The van der Waals surface area contributed by atoms with Gasteiger partial charge in [0.1, 0.15) is 6.10 Å². The second-order valence-corrected chi connectivity index (χ2v) is 5.49. The number of ether oxygens (including phenoxy) is 1. The molecule has 1 aromatic rings. The molecule has 0 aliphatic heterocycles. The van der Waals surface area contributed by atoms with Crippen molar-refractivity contribution in [2.75, 3.05) is 0 Å². The van der Waals surface area contributed by atoms with Crippen LogP contribution in [0.25, 0.3) is 0 Å². The maximum absolute atomic E-state index is 13.5.